The number of nitrogens with zero attached hydrogens (tertiary/aromatic N) is 2. The van der Waals surface area contributed by atoms with E-state index in [4.69, 9.17) is 0 Å². The summed E-state index contributed by atoms with van der Waals surface area (Å²) in [4.78, 5) is 15.6. The molecule has 0 spiro atoms. The average molecular weight is 220 g/mol. The second kappa shape index (κ2) is 4.49. The lowest BCUT2D eigenvalue weighted by molar-refractivity contribution is -0.123. The molecule has 2 heterocycles. The molecule has 2 N–H and O–H groups in total. The van der Waals surface area contributed by atoms with Crippen LogP contribution in [0.15, 0.2) is 24.8 Å². The molecule has 0 bridgehead atoms. The summed E-state index contributed by atoms with van der Waals surface area (Å²) in [6.45, 7) is 4.40. The van der Waals surface area contributed by atoms with Crippen LogP contribution in [0.2, 0.25) is 0 Å². The summed E-state index contributed by atoms with van der Waals surface area (Å²) in [5.74, 6) is 0.0124. The van der Waals surface area contributed by atoms with Crippen LogP contribution in [0, 0.1) is 0 Å². The Morgan fingerprint density at radius 3 is 3.19 bits per heavy atom. The zero-order valence-corrected chi connectivity index (χ0v) is 9.36. The van der Waals surface area contributed by atoms with Crippen LogP contribution in [0.3, 0.4) is 0 Å². The van der Waals surface area contributed by atoms with Crippen molar-refractivity contribution in [3.63, 3.8) is 0 Å². The topological polar surface area (TPSA) is 59.0 Å². The van der Waals surface area contributed by atoms with Crippen LogP contribution < -0.4 is 10.6 Å². The molecule has 5 nitrogen and oxygen atoms in total. The van der Waals surface area contributed by atoms with Gasteiger partial charge in [0, 0.05) is 25.5 Å². The van der Waals surface area contributed by atoms with Crippen LogP contribution in [0.1, 0.15) is 18.5 Å². The van der Waals surface area contributed by atoms with Gasteiger partial charge in [-0.05, 0) is 12.8 Å². The molecular formula is C11H16N4O. The first-order valence-corrected chi connectivity index (χ1v) is 5.34. The first-order chi connectivity index (χ1) is 7.66. The van der Waals surface area contributed by atoms with Gasteiger partial charge >= 0.3 is 0 Å². The van der Waals surface area contributed by atoms with Gasteiger partial charge in [-0.1, -0.05) is 6.58 Å². The Morgan fingerprint density at radius 1 is 1.75 bits per heavy atom. The number of carbonyl (C=O) groups is 1. The standard InChI is InChI=1S/C11H16N4O/c1-8-3-4-10(11(16)14-8)13-6-9-5-12-7-15(9)2/h5,7,10,13H,1,3-4,6H2,2H3,(H,14,16). The molecule has 1 aliphatic heterocycles. The molecule has 1 aliphatic rings. The highest BCUT2D eigenvalue weighted by molar-refractivity contribution is 5.84. The van der Waals surface area contributed by atoms with Gasteiger partial charge in [0.1, 0.15) is 0 Å². The molecule has 1 fully saturated rings. The number of allylic oxidation sites excluding steroid dienone is 1. The molecule has 5 heteroatoms. The normalized spacial score (nSPS) is 20.9. The smallest absolute Gasteiger partial charge is 0.241 e. The summed E-state index contributed by atoms with van der Waals surface area (Å²) in [5.41, 5.74) is 1.88. The maximum Gasteiger partial charge on any atom is 0.241 e. The summed E-state index contributed by atoms with van der Waals surface area (Å²) in [5, 5.41) is 5.98. The van der Waals surface area contributed by atoms with Crippen LogP contribution in [0.5, 0.6) is 0 Å². The summed E-state index contributed by atoms with van der Waals surface area (Å²) in [7, 11) is 1.94. The highest BCUT2D eigenvalue weighted by atomic mass is 16.2. The van der Waals surface area contributed by atoms with Gasteiger partial charge in [-0.2, -0.15) is 0 Å². The lowest BCUT2D eigenvalue weighted by Gasteiger charge is -2.24. The number of aryl methyl sites for hydroxylation is 1. The fraction of sp³-hybridized carbons (Fsp3) is 0.455. The number of rotatable bonds is 3. The third kappa shape index (κ3) is 2.30. The van der Waals surface area contributed by atoms with E-state index in [1.54, 1.807) is 12.5 Å². The minimum atomic E-state index is -0.125. The maximum absolute atomic E-state index is 11.6. The summed E-state index contributed by atoms with van der Waals surface area (Å²) in [6, 6.07) is -0.125. The third-order valence-corrected chi connectivity index (χ3v) is 2.80. The number of imidazole rings is 1. The Labute approximate surface area is 94.6 Å². The fourth-order valence-electron chi connectivity index (χ4n) is 1.75. The Balaban J connectivity index is 1.89. The van der Waals surface area contributed by atoms with E-state index in [2.05, 4.69) is 22.2 Å². The minimum absolute atomic E-state index is 0.0124. The van der Waals surface area contributed by atoms with Crippen LogP contribution in [-0.4, -0.2) is 21.5 Å². The zero-order chi connectivity index (χ0) is 11.5. The largest absolute Gasteiger partial charge is 0.337 e. The number of carbonyl (C=O) groups excluding carboxylic acids is 1. The Hall–Kier alpha value is -1.62. The quantitative estimate of drug-likeness (QED) is 0.770. The second-order valence-electron chi connectivity index (χ2n) is 4.06. The minimum Gasteiger partial charge on any atom is -0.337 e. The van der Waals surface area contributed by atoms with E-state index in [9.17, 15) is 4.79 Å². The number of amides is 1. The number of hydrogen-bond acceptors (Lipinski definition) is 3. The highest BCUT2D eigenvalue weighted by Crippen LogP contribution is 2.11. The van der Waals surface area contributed by atoms with Gasteiger partial charge in [0.05, 0.1) is 18.1 Å². The van der Waals surface area contributed by atoms with Crippen LogP contribution in [0.4, 0.5) is 0 Å². The number of nitrogens with one attached hydrogen (secondary N) is 2. The van der Waals surface area contributed by atoms with Gasteiger partial charge in [0.2, 0.25) is 5.91 Å². The molecule has 0 aliphatic carbocycles. The van der Waals surface area contributed by atoms with E-state index in [-0.39, 0.29) is 11.9 Å². The highest BCUT2D eigenvalue weighted by Gasteiger charge is 2.23. The van der Waals surface area contributed by atoms with Crippen molar-refractivity contribution in [3.8, 4) is 0 Å². The Morgan fingerprint density at radius 2 is 2.56 bits per heavy atom. The van der Waals surface area contributed by atoms with E-state index in [1.807, 2.05) is 11.6 Å². The molecule has 0 saturated carbocycles. The lowest BCUT2D eigenvalue weighted by Crippen LogP contribution is -2.46. The van der Waals surface area contributed by atoms with Crippen molar-refractivity contribution in [2.45, 2.75) is 25.4 Å². The lowest BCUT2D eigenvalue weighted by atomic mass is 10.0. The molecule has 0 radical (unpaired) electrons. The number of piperidine rings is 1. The third-order valence-electron chi connectivity index (χ3n) is 2.80. The first-order valence-electron chi connectivity index (χ1n) is 5.34. The molecule has 1 atom stereocenters. The number of aromatic nitrogens is 2. The number of hydrogen-bond donors (Lipinski definition) is 2. The van der Waals surface area contributed by atoms with E-state index >= 15 is 0 Å². The van der Waals surface area contributed by atoms with Crippen molar-refractivity contribution in [2.24, 2.45) is 7.05 Å². The Bertz CT molecular complexity index is 410. The molecule has 16 heavy (non-hydrogen) atoms. The molecular weight excluding hydrogens is 204 g/mol. The van der Waals surface area contributed by atoms with E-state index in [0.717, 1.165) is 24.2 Å². The van der Waals surface area contributed by atoms with Crippen LogP contribution in [-0.2, 0) is 18.4 Å². The molecule has 1 amide bonds. The van der Waals surface area contributed by atoms with Gasteiger partial charge in [0.15, 0.2) is 0 Å². The second-order valence-corrected chi connectivity index (χ2v) is 4.06. The van der Waals surface area contributed by atoms with Crippen molar-refractivity contribution >= 4 is 5.91 Å². The van der Waals surface area contributed by atoms with Gasteiger partial charge in [-0.15, -0.1) is 0 Å². The first kappa shape index (κ1) is 10.9. The van der Waals surface area contributed by atoms with Gasteiger partial charge in [-0.25, -0.2) is 4.98 Å². The van der Waals surface area contributed by atoms with Gasteiger partial charge in [0.25, 0.3) is 0 Å². The van der Waals surface area contributed by atoms with E-state index < -0.39 is 0 Å². The van der Waals surface area contributed by atoms with Crippen molar-refractivity contribution in [2.75, 3.05) is 0 Å². The predicted octanol–water partition coefficient (Wildman–Crippen LogP) is 0.302. The molecule has 0 aromatic carbocycles. The molecule has 1 aromatic rings. The molecule has 2 rings (SSSR count). The van der Waals surface area contributed by atoms with Crippen molar-refractivity contribution in [1.82, 2.24) is 20.2 Å². The van der Waals surface area contributed by atoms with Gasteiger partial charge < -0.3 is 15.2 Å². The van der Waals surface area contributed by atoms with Crippen molar-refractivity contribution in [1.29, 1.82) is 0 Å². The fourth-order valence-corrected chi connectivity index (χ4v) is 1.75. The predicted molar refractivity (Wildman–Crippen MR) is 60.4 cm³/mol. The van der Waals surface area contributed by atoms with Gasteiger partial charge in [-0.3, -0.25) is 4.79 Å². The molecule has 1 saturated heterocycles. The summed E-state index contributed by atoms with van der Waals surface area (Å²) >= 11 is 0. The average Bonchev–Trinajstić information content (AvgIpc) is 2.63. The molecule has 1 aromatic heterocycles. The van der Waals surface area contributed by atoms with Crippen molar-refractivity contribution < 1.29 is 4.79 Å². The SMILES string of the molecule is C=C1CCC(NCc2cncn2C)C(=O)N1. The Kier molecular flexibility index (Phi) is 3.05. The summed E-state index contributed by atoms with van der Waals surface area (Å²) < 4.78 is 1.94. The zero-order valence-electron chi connectivity index (χ0n) is 9.36. The van der Waals surface area contributed by atoms with E-state index in [0.29, 0.717) is 6.54 Å². The van der Waals surface area contributed by atoms with Crippen LogP contribution >= 0.6 is 0 Å². The van der Waals surface area contributed by atoms with E-state index in [1.165, 1.54) is 0 Å². The molecule has 86 valence electrons. The maximum atomic E-state index is 11.6. The monoisotopic (exact) mass is 220 g/mol. The van der Waals surface area contributed by atoms with Crippen molar-refractivity contribution in [3.05, 3.63) is 30.5 Å². The molecule has 1 unspecified atom stereocenters. The summed E-state index contributed by atoms with van der Waals surface area (Å²) in [6.07, 6.45) is 5.20. The van der Waals surface area contributed by atoms with Crippen LogP contribution in [0.25, 0.3) is 0 Å².